The van der Waals surface area contributed by atoms with Crippen molar-refractivity contribution in [3.8, 4) is 0 Å². The highest BCUT2D eigenvalue weighted by Gasteiger charge is 2.47. The lowest BCUT2D eigenvalue weighted by Crippen LogP contribution is -2.47. The fraction of sp³-hybridized carbons (Fsp3) is 0.833. The molecule has 0 aromatic carbocycles. The van der Waals surface area contributed by atoms with Crippen molar-refractivity contribution in [1.82, 2.24) is 9.80 Å². The third-order valence-electron chi connectivity index (χ3n) is 7.36. The molecule has 0 spiro atoms. The van der Waals surface area contributed by atoms with E-state index in [2.05, 4.69) is 48.1 Å². The maximum Gasteiger partial charge on any atom is 0.327 e. The molecule has 0 aromatic heterocycles. The first kappa shape index (κ1) is 26.6. The van der Waals surface area contributed by atoms with Crippen molar-refractivity contribution in [1.29, 1.82) is 0 Å². The highest BCUT2D eigenvalue weighted by Crippen LogP contribution is 2.53. The summed E-state index contributed by atoms with van der Waals surface area (Å²) in [4.78, 5) is 27.6. The predicted octanol–water partition coefficient (Wildman–Crippen LogP) is 4.06. The number of rotatable bonds is 10. The van der Waals surface area contributed by atoms with E-state index < -0.39 is 18.2 Å². The fourth-order valence-electron chi connectivity index (χ4n) is 4.19. The van der Waals surface area contributed by atoms with Gasteiger partial charge in [0.05, 0.1) is 18.8 Å². The Morgan fingerprint density at radius 3 is 1.90 bits per heavy atom. The molecule has 6 heteroatoms. The van der Waals surface area contributed by atoms with Crippen molar-refractivity contribution in [2.24, 2.45) is 21.7 Å². The summed E-state index contributed by atoms with van der Waals surface area (Å²) < 4.78 is 0. The van der Waals surface area contributed by atoms with E-state index in [0.717, 1.165) is 4.90 Å². The first-order valence-corrected chi connectivity index (χ1v) is 10.9. The van der Waals surface area contributed by atoms with E-state index in [1.807, 2.05) is 26.8 Å². The Labute approximate surface area is 183 Å². The second-order valence-corrected chi connectivity index (χ2v) is 11.9. The molecule has 2 atom stereocenters. The minimum Gasteiger partial charge on any atom is -0.391 e. The van der Waals surface area contributed by atoms with Crippen molar-refractivity contribution in [2.75, 3.05) is 19.6 Å². The number of hydrogen-bond donors (Lipinski definition) is 2. The van der Waals surface area contributed by atoms with Gasteiger partial charge in [-0.2, -0.15) is 0 Å². The number of amides is 3. The molecule has 1 heterocycles. The third kappa shape index (κ3) is 6.07. The second-order valence-electron chi connectivity index (χ2n) is 11.9. The monoisotopic (exact) mass is 424 g/mol. The normalized spacial score (nSPS) is 18.8. The smallest absolute Gasteiger partial charge is 0.327 e. The van der Waals surface area contributed by atoms with Gasteiger partial charge in [-0.1, -0.05) is 68.4 Å². The molecule has 174 valence electrons. The SMILES string of the molecule is C=CC(C)(C)C(C)(C)C(C)(C)CC(O)CN1C(=O)CN(CC(O)CC(C)(C)C)C1=O. The summed E-state index contributed by atoms with van der Waals surface area (Å²) >= 11 is 0. The molecule has 6 nitrogen and oxygen atoms in total. The Morgan fingerprint density at radius 1 is 0.933 bits per heavy atom. The molecule has 1 rings (SSSR count). The van der Waals surface area contributed by atoms with E-state index >= 15 is 0 Å². The van der Waals surface area contributed by atoms with E-state index in [0.29, 0.717) is 12.8 Å². The summed E-state index contributed by atoms with van der Waals surface area (Å²) in [5, 5.41) is 21.0. The van der Waals surface area contributed by atoms with Gasteiger partial charge in [-0.3, -0.25) is 9.69 Å². The van der Waals surface area contributed by atoms with Crippen molar-refractivity contribution in [3.05, 3.63) is 12.7 Å². The van der Waals surface area contributed by atoms with Gasteiger partial charge in [-0.25, -0.2) is 4.79 Å². The van der Waals surface area contributed by atoms with Gasteiger partial charge in [0.2, 0.25) is 5.91 Å². The molecule has 0 aromatic rings. The van der Waals surface area contributed by atoms with E-state index in [9.17, 15) is 19.8 Å². The summed E-state index contributed by atoms with van der Waals surface area (Å²) in [6, 6.07) is -0.435. The lowest BCUT2D eigenvalue weighted by atomic mass is 9.53. The van der Waals surface area contributed by atoms with Crippen LogP contribution in [0.3, 0.4) is 0 Å². The number of β-amino-alcohol motifs (C(OH)–C–C–N with tert-alkyl or cyclic N) is 2. The summed E-state index contributed by atoms with van der Waals surface area (Å²) in [5.41, 5.74) is -0.668. The highest BCUT2D eigenvalue weighted by atomic mass is 16.3. The molecule has 0 aliphatic carbocycles. The standard InChI is InChI=1S/C24H44N2O4/c1-11-22(5,6)24(9,10)23(7,8)13-18(28)15-26-19(29)16-25(20(26)30)14-17(27)12-21(2,3)4/h11,17-18,27-28H,1,12-16H2,2-10H3. The van der Waals surface area contributed by atoms with Crippen molar-refractivity contribution in [3.63, 3.8) is 0 Å². The molecule has 2 unspecified atom stereocenters. The van der Waals surface area contributed by atoms with Crippen LogP contribution in [0.4, 0.5) is 4.79 Å². The molecule has 0 bridgehead atoms. The zero-order chi connectivity index (χ0) is 23.7. The lowest BCUT2D eigenvalue weighted by molar-refractivity contribution is -0.126. The minimum absolute atomic E-state index is 0.0302. The van der Waals surface area contributed by atoms with E-state index in [1.165, 1.54) is 4.90 Å². The molecule has 2 N–H and O–H groups in total. The number of aliphatic hydroxyl groups excluding tert-OH is 2. The first-order chi connectivity index (χ1) is 13.3. The number of carbonyl (C=O) groups excluding carboxylic acids is 2. The average Bonchev–Trinajstić information content (AvgIpc) is 2.79. The molecule has 1 aliphatic heterocycles. The predicted molar refractivity (Wildman–Crippen MR) is 121 cm³/mol. The topological polar surface area (TPSA) is 81.1 Å². The van der Waals surface area contributed by atoms with Crippen LogP contribution in [0.1, 0.15) is 75.2 Å². The summed E-state index contributed by atoms with van der Waals surface area (Å²) in [6.45, 7) is 22.8. The first-order valence-electron chi connectivity index (χ1n) is 10.9. The number of nitrogens with zero attached hydrogens (tertiary/aromatic N) is 2. The van der Waals surface area contributed by atoms with Gasteiger partial charge in [0.25, 0.3) is 0 Å². The Morgan fingerprint density at radius 2 is 1.43 bits per heavy atom. The van der Waals surface area contributed by atoms with Gasteiger partial charge in [0, 0.05) is 6.54 Å². The molecular formula is C24H44N2O4. The van der Waals surface area contributed by atoms with Gasteiger partial charge < -0.3 is 15.1 Å². The number of aliphatic hydroxyl groups is 2. The zero-order valence-corrected chi connectivity index (χ0v) is 20.6. The van der Waals surface area contributed by atoms with E-state index in [-0.39, 0.29) is 47.2 Å². The molecule has 0 radical (unpaired) electrons. The molecule has 1 aliphatic rings. The number of allylic oxidation sites excluding steroid dienone is 1. The van der Waals surface area contributed by atoms with Crippen LogP contribution in [0.5, 0.6) is 0 Å². The van der Waals surface area contributed by atoms with Gasteiger partial charge in [-0.15, -0.1) is 6.58 Å². The molecule has 1 saturated heterocycles. The van der Waals surface area contributed by atoms with Crippen LogP contribution < -0.4 is 0 Å². The number of imide groups is 1. The van der Waals surface area contributed by atoms with Crippen LogP contribution in [-0.2, 0) is 4.79 Å². The third-order valence-corrected chi connectivity index (χ3v) is 7.36. The number of urea groups is 1. The quantitative estimate of drug-likeness (QED) is 0.409. The molecule has 30 heavy (non-hydrogen) atoms. The van der Waals surface area contributed by atoms with Gasteiger partial charge >= 0.3 is 6.03 Å². The Balaban J connectivity index is 2.80. The Bertz CT molecular complexity index is 646. The molecule has 0 saturated carbocycles. The van der Waals surface area contributed by atoms with Gasteiger partial charge in [-0.05, 0) is 34.5 Å². The van der Waals surface area contributed by atoms with Crippen LogP contribution in [0.2, 0.25) is 0 Å². The average molecular weight is 425 g/mol. The molecule has 3 amide bonds. The summed E-state index contributed by atoms with van der Waals surface area (Å²) in [7, 11) is 0. The van der Waals surface area contributed by atoms with Crippen LogP contribution in [0.25, 0.3) is 0 Å². The largest absolute Gasteiger partial charge is 0.391 e. The maximum absolute atomic E-state index is 12.7. The number of carbonyl (C=O) groups is 2. The summed E-state index contributed by atoms with van der Waals surface area (Å²) in [6.07, 6.45) is 1.41. The lowest BCUT2D eigenvalue weighted by Gasteiger charge is -2.52. The van der Waals surface area contributed by atoms with Crippen LogP contribution in [0.15, 0.2) is 12.7 Å². The van der Waals surface area contributed by atoms with Crippen LogP contribution in [0, 0.1) is 21.7 Å². The molecule has 1 fully saturated rings. The van der Waals surface area contributed by atoms with E-state index in [4.69, 9.17) is 0 Å². The highest BCUT2D eigenvalue weighted by molar-refractivity contribution is 6.02. The molecular weight excluding hydrogens is 380 g/mol. The van der Waals surface area contributed by atoms with E-state index in [1.54, 1.807) is 0 Å². The van der Waals surface area contributed by atoms with Gasteiger partial charge in [0.15, 0.2) is 0 Å². The van der Waals surface area contributed by atoms with Gasteiger partial charge in [0.1, 0.15) is 6.54 Å². The van der Waals surface area contributed by atoms with Crippen LogP contribution >= 0.6 is 0 Å². The Kier molecular flexibility index (Phi) is 7.98. The van der Waals surface area contributed by atoms with Crippen molar-refractivity contribution in [2.45, 2.75) is 87.4 Å². The summed E-state index contributed by atoms with van der Waals surface area (Å²) in [5.74, 6) is -0.328. The number of hydrogen-bond acceptors (Lipinski definition) is 4. The maximum atomic E-state index is 12.7. The Hall–Kier alpha value is -1.40. The second kappa shape index (κ2) is 8.99. The van der Waals surface area contributed by atoms with Crippen molar-refractivity contribution < 1.29 is 19.8 Å². The fourth-order valence-corrected chi connectivity index (χ4v) is 4.19. The van der Waals surface area contributed by atoms with Crippen molar-refractivity contribution >= 4 is 11.9 Å². The minimum atomic E-state index is -0.827. The van der Waals surface area contributed by atoms with Crippen LogP contribution in [-0.4, -0.2) is 63.8 Å². The zero-order valence-electron chi connectivity index (χ0n) is 20.6.